The summed E-state index contributed by atoms with van der Waals surface area (Å²) in [6.07, 6.45) is 1.77. The summed E-state index contributed by atoms with van der Waals surface area (Å²) in [6.45, 7) is 0. The Morgan fingerprint density at radius 2 is 1.80 bits per heavy atom. The fourth-order valence-corrected chi connectivity index (χ4v) is 0.952. The third kappa shape index (κ3) is 4.51. The topological polar surface area (TPSA) is 99.1 Å². The smallest absolute Gasteiger partial charge is 0.314 e. The fraction of sp³-hybridized carbons (Fsp3) is 0. The van der Waals surface area contributed by atoms with Crippen molar-refractivity contribution in [3.8, 4) is 11.3 Å². The molecule has 2 rings (SSSR count). The van der Waals surface area contributed by atoms with Crippen molar-refractivity contribution < 1.29 is 14.4 Å². The van der Waals surface area contributed by atoms with Crippen molar-refractivity contribution in [2.75, 3.05) is 0 Å². The third-order valence-corrected chi connectivity index (χ3v) is 1.49. The molecular formula is C8H10N3O3P. The number of aromatic amines is 1. The highest BCUT2D eigenvalue weighted by atomic mass is 31.1. The lowest BCUT2D eigenvalue weighted by molar-refractivity contribution is 0.405. The van der Waals surface area contributed by atoms with Crippen LogP contribution in [0.2, 0.25) is 0 Å². The number of benzene rings is 1. The molecule has 0 unspecified atom stereocenters. The van der Waals surface area contributed by atoms with Crippen LogP contribution in [0.4, 0.5) is 0 Å². The van der Waals surface area contributed by atoms with E-state index < -0.39 is 8.25 Å². The summed E-state index contributed by atoms with van der Waals surface area (Å²) < 4.78 is 8.74. The molecule has 1 aromatic heterocycles. The third-order valence-electron chi connectivity index (χ3n) is 1.49. The van der Waals surface area contributed by atoms with Gasteiger partial charge in [0.15, 0.2) is 0 Å². The summed E-state index contributed by atoms with van der Waals surface area (Å²) in [5, 5.41) is 10.2. The first kappa shape index (κ1) is 11.6. The molecule has 0 saturated carbocycles. The molecule has 15 heavy (non-hydrogen) atoms. The lowest BCUT2D eigenvalue weighted by Gasteiger charge is -1.90. The summed E-state index contributed by atoms with van der Waals surface area (Å²) in [5.74, 6) is 0. The zero-order valence-corrected chi connectivity index (χ0v) is 8.66. The Kier molecular flexibility index (Phi) is 4.70. The molecule has 0 aliphatic carbocycles. The maximum atomic E-state index is 8.74. The summed E-state index contributed by atoms with van der Waals surface area (Å²) in [6, 6.07) is 9.92. The number of nitrogens with one attached hydrogen (secondary N) is 1. The molecule has 7 heteroatoms. The van der Waals surface area contributed by atoms with Gasteiger partial charge in [0.05, 0.1) is 0 Å². The number of nitrogens with zero attached hydrogens (tertiary/aromatic N) is 2. The van der Waals surface area contributed by atoms with E-state index in [2.05, 4.69) is 15.4 Å². The van der Waals surface area contributed by atoms with E-state index in [1.807, 2.05) is 30.3 Å². The molecule has 0 fully saturated rings. The van der Waals surface area contributed by atoms with Crippen LogP contribution in [-0.2, 0) is 4.57 Å². The Morgan fingerprint density at radius 1 is 1.20 bits per heavy atom. The van der Waals surface area contributed by atoms with Gasteiger partial charge in [-0.25, -0.2) is 0 Å². The number of H-pyrrole nitrogens is 1. The molecule has 1 heterocycles. The van der Waals surface area contributed by atoms with Crippen molar-refractivity contribution in [3.63, 3.8) is 0 Å². The molecule has 3 N–H and O–H groups in total. The lowest BCUT2D eigenvalue weighted by atomic mass is 10.2. The minimum absolute atomic E-state index is 0.880. The second-order valence-corrected chi connectivity index (χ2v) is 3.07. The van der Waals surface area contributed by atoms with Crippen LogP contribution in [0, 0.1) is 0 Å². The van der Waals surface area contributed by atoms with Crippen LogP contribution in [0.15, 0.2) is 36.5 Å². The van der Waals surface area contributed by atoms with Gasteiger partial charge in [-0.15, -0.1) is 5.10 Å². The Hall–Kier alpha value is -1.49. The highest BCUT2D eigenvalue weighted by molar-refractivity contribution is 7.30. The van der Waals surface area contributed by atoms with Crippen LogP contribution in [0.5, 0.6) is 0 Å². The predicted molar refractivity (Wildman–Crippen MR) is 55.3 cm³/mol. The van der Waals surface area contributed by atoms with Gasteiger partial charge in [0.25, 0.3) is 0 Å². The molecular weight excluding hydrogens is 217 g/mol. The van der Waals surface area contributed by atoms with Crippen molar-refractivity contribution in [2.45, 2.75) is 0 Å². The highest BCUT2D eigenvalue weighted by Crippen LogP contribution is 2.12. The molecule has 0 radical (unpaired) electrons. The van der Waals surface area contributed by atoms with E-state index >= 15 is 0 Å². The average molecular weight is 227 g/mol. The minimum atomic E-state index is -3.13. The molecule has 0 aliphatic heterocycles. The zero-order valence-electron chi connectivity index (χ0n) is 7.66. The fourth-order valence-electron chi connectivity index (χ4n) is 0.952. The molecule has 0 saturated heterocycles. The first-order chi connectivity index (χ1) is 7.20. The zero-order chi connectivity index (χ0) is 11.1. The van der Waals surface area contributed by atoms with Crippen LogP contribution >= 0.6 is 8.25 Å². The highest BCUT2D eigenvalue weighted by Gasteiger charge is 1.96. The van der Waals surface area contributed by atoms with Crippen LogP contribution in [0.1, 0.15) is 0 Å². The predicted octanol–water partition coefficient (Wildman–Crippen LogP) is 0.832. The van der Waals surface area contributed by atoms with Crippen LogP contribution in [0.25, 0.3) is 11.3 Å². The van der Waals surface area contributed by atoms with E-state index in [0.717, 1.165) is 11.3 Å². The van der Waals surface area contributed by atoms with Gasteiger partial charge in [-0.1, -0.05) is 35.5 Å². The molecule has 0 atom stereocenters. The standard InChI is InChI=1S/C8H7N3.H3O3P/c1-2-4-7(5-3-1)8-6-9-11-10-8;1-4(2)3/h1-6H,(H,9,10,11);4H,(H2,1,2,3). The lowest BCUT2D eigenvalue weighted by Crippen LogP contribution is -1.75. The van der Waals surface area contributed by atoms with Crippen LogP contribution in [0.3, 0.4) is 0 Å². The summed E-state index contributed by atoms with van der Waals surface area (Å²) in [5.41, 5.74) is 1.96. The molecule has 0 bridgehead atoms. The van der Waals surface area contributed by atoms with Gasteiger partial charge in [0.2, 0.25) is 0 Å². The normalized spacial score (nSPS) is 9.53. The van der Waals surface area contributed by atoms with E-state index in [0.29, 0.717) is 0 Å². The van der Waals surface area contributed by atoms with Crippen molar-refractivity contribution >= 4 is 8.25 Å². The van der Waals surface area contributed by atoms with Gasteiger partial charge in [0.1, 0.15) is 5.69 Å². The SMILES string of the molecule is O=[PH](O)O.c1ccc(-c2c[nH]nn2)cc1. The van der Waals surface area contributed by atoms with E-state index in [1.165, 1.54) is 0 Å². The second kappa shape index (κ2) is 6.08. The van der Waals surface area contributed by atoms with Crippen molar-refractivity contribution in [3.05, 3.63) is 36.5 Å². The summed E-state index contributed by atoms with van der Waals surface area (Å²) in [7, 11) is -3.13. The molecule has 0 spiro atoms. The minimum Gasteiger partial charge on any atom is -0.326 e. The van der Waals surface area contributed by atoms with Gasteiger partial charge < -0.3 is 9.79 Å². The molecule has 80 valence electrons. The van der Waals surface area contributed by atoms with Gasteiger partial charge >= 0.3 is 8.25 Å². The Balaban J connectivity index is 0.000000245. The van der Waals surface area contributed by atoms with E-state index in [1.54, 1.807) is 6.20 Å². The average Bonchev–Trinajstić information content (AvgIpc) is 2.71. The number of hydrogen-bond donors (Lipinski definition) is 3. The van der Waals surface area contributed by atoms with Gasteiger partial charge in [-0.3, -0.25) is 9.66 Å². The van der Waals surface area contributed by atoms with E-state index in [-0.39, 0.29) is 0 Å². The first-order valence-electron chi connectivity index (χ1n) is 4.04. The monoisotopic (exact) mass is 227 g/mol. The maximum absolute atomic E-state index is 8.74. The largest absolute Gasteiger partial charge is 0.326 e. The van der Waals surface area contributed by atoms with Crippen LogP contribution in [-0.4, -0.2) is 25.2 Å². The maximum Gasteiger partial charge on any atom is 0.314 e. The van der Waals surface area contributed by atoms with Gasteiger partial charge in [-0.2, -0.15) is 0 Å². The van der Waals surface area contributed by atoms with E-state index in [4.69, 9.17) is 14.4 Å². The number of aromatic nitrogens is 3. The second-order valence-electron chi connectivity index (χ2n) is 2.51. The Bertz CT molecular complexity index is 400. The van der Waals surface area contributed by atoms with Crippen molar-refractivity contribution in [1.29, 1.82) is 0 Å². The summed E-state index contributed by atoms with van der Waals surface area (Å²) in [4.78, 5) is 14.3. The Labute approximate surface area is 86.5 Å². The number of rotatable bonds is 1. The van der Waals surface area contributed by atoms with Gasteiger partial charge in [-0.05, 0) is 0 Å². The Morgan fingerprint density at radius 3 is 2.27 bits per heavy atom. The van der Waals surface area contributed by atoms with E-state index in [9.17, 15) is 0 Å². The molecule has 2 aromatic rings. The molecule has 0 amide bonds. The molecule has 1 aromatic carbocycles. The van der Waals surface area contributed by atoms with Crippen molar-refractivity contribution in [2.24, 2.45) is 0 Å². The quantitative estimate of drug-likeness (QED) is 0.626. The van der Waals surface area contributed by atoms with Crippen LogP contribution < -0.4 is 0 Å². The first-order valence-corrected chi connectivity index (χ1v) is 5.34. The van der Waals surface area contributed by atoms with Gasteiger partial charge in [0, 0.05) is 11.8 Å². The molecule has 6 nitrogen and oxygen atoms in total. The molecule has 0 aliphatic rings. The summed E-state index contributed by atoms with van der Waals surface area (Å²) >= 11 is 0. The number of hydrogen-bond acceptors (Lipinski definition) is 3. The van der Waals surface area contributed by atoms with Crippen molar-refractivity contribution in [1.82, 2.24) is 15.4 Å².